The van der Waals surface area contributed by atoms with Crippen LogP contribution in [0.25, 0.3) is 0 Å². The van der Waals surface area contributed by atoms with Gasteiger partial charge in [0, 0.05) is 5.02 Å². The number of anilines is 2. The second-order valence-electron chi connectivity index (χ2n) is 4.47. The average Bonchev–Trinajstić information content (AvgIpc) is 2.48. The SMILES string of the molecule is COc1ccccc1NC(=O)Nc1ccc(Cl)cc1C(F)(F)F. The molecule has 2 amide bonds. The van der Waals surface area contributed by atoms with Crippen LogP contribution in [0.2, 0.25) is 5.02 Å². The molecule has 0 aliphatic carbocycles. The van der Waals surface area contributed by atoms with Crippen molar-refractivity contribution in [2.75, 3.05) is 17.7 Å². The van der Waals surface area contributed by atoms with Crippen LogP contribution in [0, 0.1) is 0 Å². The largest absolute Gasteiger partial charge is 0.495 e. The topological polar surface area (TPSA) is 50.4 Å². The molecule has 23 heavy (non-hydrogen) atoms. The van der Waals surface area contributed by atoms with E-state index in [2.05, 4.69) is 10.6 Å². The van der Waals surface area contributed by atoms with Gasteiger partial charge in [0.05, 0.1) is 24.0 Å². The van der Waals surface area contributed by atoms with Crippen molar-refractivity contribution < 1.29 is 22.7 Å². The Hall–Kier alpha value is -2.41. The van der Waals surface area contributed by atoms with Crippen LogP contribution in [0.15, 0.2) is 42.5 Å². The van der Waals surface area contributed by atoms with Gasteiger partial charge in [-0.3, -0.25) is 0 Å². The quantitative estimate of drug-likeness (QED) is 0.822. The van der Waals surface area contributed by atoms with Crippen molar-refractivity contribution in [3.63, 3.8) is 0 Å². The number of ether oxygens (including phenoxy) is 1. The lowest BCUT2D eigenvalue weighted by Gasteiger charge is -2.15. The maximum Gasteiger partial charge on any atom is 0.418 e. The molecule has 0 atom stereocenters. The zero-order valence-corrected chi connectivity index (χ0v) is 12.6. The van der Waals surface area contributed by atoms with Crippen LogP contribution in [-0.2, 0) is 6.18 Å². The summed E-state index contributed by atoms with van der Waals surface area (Å²) in [5, 5.41) is 4.51. The van der Waals surface area contributed by atoms with Crippen LogP contribution in [-0.4, -0.2) is 13.1 Å². The molecule has 2 rings (SSSR count). The second-order valence-corrected chi connectivity index (χ2v) is 4.90. The summed E-state index contributed by atoms with van der Waals surface area (Å²) < 4.78 is 44.0. The molecule has 0 bridgehead atoms. The predicted molar refractivity (Wildman–Crippen MR) is 82.1 cm³/mol. The predicted octanol–water partition coefficient (Wildman–Crippen LogP) is 5.01. The molecule has 122 valence electrons. The molecule has 0 unspecified atom stereocenters. The number of para-hydroxylation sites is 2. The third-order valence-electron chi connectivity index (χ3n) is 2.89. The molecule has 2 aromatic rings. The summed E-state index contributed by atoms with van der Waals surface area (Å²) in [6, 6.07) is 8.79. The summed E-state index contributed by atoms with van der Waals surface area (Å²) in [6.07, 6.45) is -4.64. The zero-order chi connectivity index (χ0) is 17.0. The van der Waals surface area contributed by atoms with Crippen molar-refractivity contribution >= 4 is 29.0 Å². The highest BCUT2D eigenvalue weighted by molar-refractivity contribution is 6.30. The van der Waals surface area contributed by atoms with E-state index in [0.717, 1.165) is 12.1 Å². The van der Waals surface area contributed by atoms with Gasteiger partial charge in [0.15, 0.2) is 0 Å². The summed E-state index contributed by atoms with van der Waals surface area (Å²) in [7, 11) is 1.42. The van der Waals surface area contributed by atoms with Gasteiger partial charge in [-0.15, -0.1) is 0 Å². The summed E-state index contributed by atoms with van der Waals surface area (Å²) in [5.41, 5.74) is -1.09. The Morgan fingerprint density at radius 2 is 1.74 bits per heavy atom. The van der Waals surface area contributed by atoms with E-state index in [9.17, 15) is 18.0 Å². The molecular formula is C15H12ClF3N2O2. The van der Waals surface area contributed by atoms with Crippen LogP contribution in [0.1, 0.15) is 5.56 Å². The van der Waals surface area contributed by atoms with E-state index in [4.69, 9.17) is 16.3 Å². The molecule has 2 aromatic carbocycles. The highest BCUT2D eigenvalue weighted by Crippen LogP contribution is 2.36. The number of carbonyl (C=O) groups excluding carboxylic acids is 1. The molecule has 0 spiro atoms. The van der Waals surface area contributed by atoms with Gasteiger partial charge in [-0.2, -0.15) is 13.2 Å². The molecule has 4 nitrogen and oxygen atoms in total. The van der Waals surface area contributed by atoms with Gasteiger partial charge in [0.25, 0.3) is 0 Å². The number of halogens is 4. The fourth-order valence-electron chi connectivity index (χ4n) is 1.88. The molecule has 0 saturated heterocycles. The lowest BCUT2D eigenvalue weighted by atomic mass is 10.1. The zero-order valence-electron chi connectivity index (χ0n) is 11.9. The molecule has 0 aliphatic rings. The van der Waals surface area contributed by atoms with E-state index >= 15 is 0 Å². The lowest BCUT2D eigenvalue weighted by molar-refractivity contribution is -0.136. The smallest absolute Gasteiger partial charge is 0.418 e. The average molecular weight is 345 g/mol. The molecule has 2 N–H and O–H groups in total. The number of amides is 2. The number of benzene rings is 2. The molecular weight excluding hydrogens is 333 g/mol. The number of hydrogen-bond donors (Lipinski definition) is 2. The lowest BCUT2D eigenvalue weighted by Crippen LogP contribution is -2.22. The Morgan fingerprint density at radius 3 is 2.39 bits per heavy atom. The van der Waals surface area contributed by atoms with Crippen molar-refractivity contribution in [3.05, 3.63) is 53.1 Å². The molecule has 0 fully saturated rings. The summed E-state index contributed by atoms with van der Waals surface area (Å²) in [5.74, 6) is 0.384. The number of alkyl halides is 3. The molecule has 0 radical (unpaired) electrons. The van der Waals surface area contributed by atoms with Crippen molar-refractivity contribution in [1.29, 1.82) is 0 Å². The molecule has 0 aliphatic heterocycles. The molecule has 0 heterocycles. The second kappa shape index (κ2) is 6.78. The fraction of sp³-hybridized carbons (Fsp3) is 0.133. The first-order valence-corrected chi connectivity index (χ1v) is 6.77. The maximum absolute atomic E-state index is 13.0. The molecule has 0 saturated carbocycles. The van der Waals surface area contributed by atoms with E-state index in [1.807, 2.05) is 0 Å². The number of hydrogen-bond acceptors (Lipinski definition) is 2. The Kier molecular flexibility index (Phi) is 5.00. The van der Waals surface area contributed by atoms with Crippen LogP contribution in [0.4, 0.5) is 29.3 Å². The van der Waals surface area contributed by atoms with Gasteiger partial charge in [-0.05, 0) is 30.3 Å². The molecule has 8 heteroatoms. The Labute approximate surface area is 135 Å². The van der Waals surface area contributed by atoms with Gasteiger partial charge >= 0.3 is 12.2 Å². The Bertz CT molecular complexity index is 720. The van der Waals surface area contributed by atoms with E-state index in [1.54, 1.807) is 24.3 Å². The Balaban J connectivity index is 2.21. The highest BCUT2D eigenvalue weighted by atomic mass is 35.5. The third kappa shape index (κ3) is 4.29. The van der Waals surface area contributed by atoms with Gasteiger partial charge in [0.1, 0.15) is 5.75 Å². The normalized spacial score (nSPS) is 11.0. The first-order valence-electron chi connectivity index (χ1n) is 6.39. The number of rotatable bonds is 3. The number of urea groups is 1. The summed E-state index contributed by atoms with van der Waals surface area (Å²) in [6.45, 7) is 0. The summed E-state index contributed by atoms with van der Waals surface area (Å²) >= 11 is 5.58. The number of methoxy groups -OCH3 is 1. The van der Waals surface area contributed by atoms with Crippen LogP contribution < -0.4 is 15.4 Å². The minimum Gasteiger partial charge on any atom is -0.495 e. The van der Waals surface area contributed by atoms with E-state index < -0.39 is 23.5 Å². The number of carbonyl (C=O) groups is 1. The highest BCUT2D eigenvalue weighted by Gasteiger charge is 2.34. The Morgan fingerprint density at radius 1 is 1.09 bits per heavy atom. The maximum atomic E-state index is 13.0. The standard InChI is InChI=1S/C15H12ClF3N2O2/c1-23-13-5-3-2-4-12(13)21-14(22)20-11-7-6-9(16)8-10(11)15(17,18)19/h2-8H,1H3,(H2,20,21,22). The first kappa shape index (κ1) is 17.0. The van der Waals surface area contributed by atoms with Crippen LogP contribution >= 0.6 is 11.6 Å². The van der Waals surface area contributed by atoms with Crippen molar-refractivity contribution in [1.82, 2.24) is 0 Å². The van der Waals surface area contributed by atoms with Crippen molar-refractivity contribution in [2.24, 2.45) is 0 Å². The van der Waals surface area contributed by atoms with E-state index in [1.165, 1.54) is 13.2 Å². The van der Waals surface area contributed by atoms with Gasteiger partial charge in [0.2, 0.25) is 0 Å². The van der Waals surface area contributed by atoms with Crippen LogP contribution in [0.5, 0.6) is 5.75 Å². The van der Waals surface area contributed by atoms with E-state index in [-0.39, 0.29) is 5.02 Å². The minimum atomic E-state index is -4.64. The fourth-order valence-corrected chi connectivity index (χ4v) is 2.06. The van der Waals surface area contributed by atoms with Crippen molar-refractivity contribution in [2.45, 2.75) is 6.18 Å². The van der Waals surface area contributed by atoms with E-state index in [0.29, 0.717) is 11.4 Å². The summed E-state index contributed by atoms with van der Waals surface area (Å²) in [4.78, 5) is 11.9. The van der Waals surface area contributed by atoms with Gasteiger partial charge < -0.3 is 15.4 Å². The van der Waals surface area contributed by atoms with Gasteiger partial charge in [-0.1, -0.05) is 23.7 Å². The molecule has 0 aromatic heterocycles. The first-order chi connectivity index (χ1) is 10.8. The van der Waals surface area contributed by atoms with Crippen LogP contribution in [0.3, 0.4) is 0 Å². The van der Waals surface area contributed by atoms with Gasteiger partial charge in [-0.25, -0.2) is 4.79 Å². The van der Waals surface area contributed by atoms with Crippen molar-refractivity contribution in [3.8, 4) is 5.75 Å². The number of nitrogens with one attached hydrogen (secondary N) is 2. The third-order valence-corrected chi connectivity index (χ3v) is 3.13. The monoisotopic (exact) mass is 344 g/mol. The minimum absolute atomic E-state index is 0.0759.